The Kier molecular flexibility index (Phi) is 3.88. The fourth-order valence-corrected chi connectivity index (χ4v) is 3.78. The molecule has 0 bridgehead atoms. The predicted molar refractivity (Wildman–Crippen MR) is 76.5 cm³/mol. The van der Waals surface area contributed by atoms with Gasteiger partial charge in [-0.1, -0.05) is 0 Å². The van der Waals surface area contributed by atoms with E-state index in [9.17, 15) is 8.42 Å². The average molecular weight is 297 g/mol. The maximum Gasteiger partial charge on any atom is 0.244 e. The zero-order chi connectivity index (χ0) is 14.0. The van der Waals surface area contributed by atoms with Crippen LogP contribution in [0.25, 0.3) is 0 Å². The number of nitrogens with zero attached hydrogens (tertiary/aromatic N) is 1. The molecule has 0 atom stereocenters. The molecular formula is C12H15N3O2S2. The van der Waals surface area contributed by atoms with Crippen LogP contribution in [-0.4, -0.2) is 13.4 Å². The number of pyridine rings is 1. The first-order valence-corrected chi connectivity index (χ1v) is 7.96. The lowest BCUT2D eigenvalue weighted by molar-refractivity contribution is 0.582. The normalized spacial score (nSPS) is 11.7. The molecule has 5 nitrogen and oxygen atoms in total. The van der Waals surface area contributed by atoms with Crippen molar-refractivity contribution in [2.45, 2.75) is 25.3 Å². The van der Waals surface area contributed by atoms with E-state index in [2.05, 4.69) is 9.71 Å². The standard InChI is InChI=1S/C12H15N3O2S2/c1-8-6-10(18-9(8)2)7-15-19(16,17)11-4-3-5-14-12(11)13/h3-6,15H,7H2,1-2H3,(H2,13,14). The van der Waals surface area contributed by atoms with Crippen molar-refractivity contribution in [3.8, 4) is 0 Å². The van der Waals surface area contributed by atoms with Crippen LogP contribution < -0.4 is 10.5 Å². The number of anilines is 1. The molecule has 0 radical (unpaired) electrons. The highest BCUT2D eigenvalue weighted by Crippen LogP contribution is 2.21. The van der Waals surface area contributed by atoms with Gasteiger partial charge in [-0.3, -0.25) is 0 Å². The fourth-order valence-electron chi connectivity index (χ4n) is 1.61. The molecule has 2 aromatic rings. The maximum absolute atomic E-state index is 12.1. The summed E-state index contributed by atoms with van der Waals surface area (Å²) in [4.78, 5) is 5.96. The lowest BCUT2D eigenvalue weighted by Crippen LogP contribution is -2.24. The fraction of sp³-hybridized carbons (Fsp3) is 0.250. The molecule has 2 aromatic heterocycles. The second-order valence-electron chi connectivity index (χ2n) is 4.16. The van der Waals surface area contributed by atoms with E-state index in [1.165, 1.54) is 22.7 Å². The Bertz CT molecular complexity index is 673. The van der Waals surface area contributed by atoms with Crippen LogP contribution in [-0.2, 0) is 16.6 Å². The number of nitrogen functional groups attached to an aromatic ring is 1. The number of rotatable bonds is 4. The quantitative estimate of drug-likeness (QED) is 0.901. The van der Waals surface area contributed by atoms with Crippen LogP contribution in [0.5, 0.6) is 0 Å². The van der Waals surface area contributed by atoms with Gasteiger partial charge < -0.3 is 5.73 Å². The number of aromatic nitrogens is 1. The number of hydrogen-bond acceptors (Lipinski definition) is 5. The third kappa shape index (κ3) is 3.12. The van der Waals surface area contributed by atoms with E-state index in [0.29, 0.717) is 0 Å². The molecule has 0 fully saturated rings. The molecule has 0 aliphatic heterocycles. The van der Waals surface area contributed by atoms with E-state index in [1.54, 1.807) is 17.4 Å². The van der Waals surface area contributed by atoms with Gasteiger partial charge in [0.25, 0.3) is 0 Å². The Morgan fingerprint density at radius 1 is 1.42 bits per heavy atom. The van der Waals surface area contributed by atoms with Gasteiger partial charge in [0, 0.05) is 22.5 Å². The van der Waals surface area contributed by atoms with Gasteiger partial charge in [-0.05, 0) is 37.6 Å². The third-order valence-electron chi connectivity index (χ3n) is 2.74. The van der Waals surface area contributed by atoms with Crippen molar-refractivity contribution in [2.75, 3.05) is 5.73 Å². The smallest absolute Gasteiger partial charge is 0.244 e. The van der Waals surface area contributed by atoms with Gasteiger partial charge in [-0.2, -0.15) is 0 Å². The second kappa shape index (κ2) is 5.28. The average Bonchev–Trinajstić information content (AvgIpc) is 2.67. The zero-order valence-electron chi connectivity index (χ0n) is 10.7. The van der Waals surface area contributed by atoms with Crippen LogP contribution in [0.2, 0.25) is 0 Å². The van der Waals surface area contributed by atoms with Gasteiger partial charge in [-0.15, -0.1) is 11.3 Å². The summed E-state index contributed by atoms with van der Waals surface area (Å²) in [6.07, 6.45) is 1.46. The van der Waals surface area contributed by atoms with E-state index in [-0.39, 0.29) is 17.3 Å². The monoisotopic (exact) mass is 297 g/mol. The van der Waals surface area contributed by atoms with Gasteiger partial charge in [0.05, 0.1) is 0 Å². The van der Waals surface area contributed by atoms with E-state index in [0.717, 1.165) is 4.88 Å². The maximum atomic E-state index is 12.1. The summed E-state index contributed by atoms with van der Waals surface area (Å²) in [6, 6.07) is 4.97. The van der Waals surface area contributed by atoms with Gasteiger partial charge in [0.15, 0.2) is 0 Å². The Morgan fingerprint density at radius 3 is 2.74 bits per heavy atom. The number of nitrogens with one attached hydrogen (secondary N) is 1. The van der Waals surface area contributed by atoms with Crippen molar-refractivity contribution in [3.05, 3.63) is 39.7 Å². The first-order valence-electron chi connectivity index (χ1n) is 5.66. The molecular weight excluding hydrogens is 282 g/mol. The van der Waals surface area contributed by atoms with Crippen LogP contribution in [0.15, 0.2) is 29.3 Å². The van der Waals surface area contributed by atoms with Gasteiger partial charge in [-0.25, -0.2) is 18.1 Å². The molecule has 0 saturated heterocycles. The second-order valence-corrected chi connectivity index (χ2v) is 7.24. The number of nitrogens with two attached hydrogens (primary N) is 1. The summed E-state index contributed by atoms with van der Waals surface area (Å²) in [5.74, 6) is 0.00791. The minimum atomic E-state index is -3.62. The highest BCUT2D eigenvalue weighted by atomic mass is 32.2. The van der Waals surface area contributed by atoms with Crippen LogP contribution in [0, 0.1) is 13.8 Å². The molecule has 0 amide bonds. The molecule has 0 aliphatic rings. The molecule has 0 aliphatic carbocycles. The van der Waals surface area contributed by atoms with E-state index >= 15 is 0 Å². The van der Waals surface area contributed by atoms with Crippen molar-refractivity contribution in [1.82, 2.24) is 9.71 Å². The minimum absolute atomic E-state index is 0.00791. The van der Waals surface area contributed by atoms with Crippen molar-refractivity contribution in [2.24, 2.45) is 0 Å². The van der Waals surface area contributed by atoms with Gasteiger partial charge >= 0.3 is 0 Å². The molecule has 0 saturated carbocycles. The third-order valence-corrected chi connectivity index (χ3v) is 5.34. The summed E-state index contributed by atoms with van der Waals surface area (Å²) in [5, 5.41) is 0. The minimum Gasteiger partial charge on any atom is -0.383 e. The van der Waals surface area contributed by atoms with Gasteiger partial charge in [0.2, 0.25) is 10.0 Å². The number of aryl methyl sites for hydroxylation is 2. The first kappa shape index (κ1) is 14.0. The Labute approximate surface area is 116 Å². The molecule has 0 spiro atoms. The predicted octanol–water partition coefficient (Wildman–Crippen LogP) is 1.82. The highest BCUT2D eigenvalue weighted by Gasteiger charge is 2.17. The Balaban J connectivity index is 2.17. The number of sulfonamides is 1. The molecule has 0 unspecified atom stereocenters. The topological polar surface area (TPSA) is 85.1 Å². The van der Waals surface area contributed by atoms with Crippen molar-refractivity contribution >= 4 is 27.2 Å². The van der Waals surface area contributed by atoms with Crippen LogP contribution in [0.3, 0.4) is 0 Å². The molecule has 102 valence electrons. The van der Waals surface area contributed by atoms with Crippen molar-refractivity contribution < 1.29 is 8.42 Å². The van der Waals surface area contributed by atoms with Crippen LogP contribution in [0.4, 0.5) is 5.82 Å². The summed E-state index contributed by atoms with van der Waals surface area (Å²) in [5.41, 5.74) is 6.74. The lowest BCUT2D eigenvalue weighted by atomic mass is 10.3. The van der Waals surface area contributed by atoms with Crippen molar-refractivity contribution in [3.63, 3.8) is 0 Å². The largest absolute Gasteiger partial charge is 0.383 e. The number of thiophene rings is 1. The Hall–Kier alpha value is -1.44. The zero-order valence-corrected chi connectivity index (χ0v) is 12.3. The molecule has 0 aromatic carbocycles. The lowest BCUT2D eigenvalue weighted by Gasteiger charge is -2.07. The van der Waals surface area contributed by atoms with Crippen LogP contribution in [0.1, 0.15) is 15.3 Å². The highest BCUT2D eigenvalue weighted by molar-refractivity contribution is 7.89. The molecule has 3 N–H and O–H groups in total. The summed E-state index contributed by atoms with van der Waals surface area (Å²) in [7, 11) is -3.62. The summed E-state index contributed by atoms with van der Waals surface area (Å²) < 4.78 is 26.7. The molecule has 7 heteroatoms. The SMILES string of the molecule is Cc1cc(CNS(=O)(=O)c2cccnc2N)sc1C. The molecule has 2 heterocycles. The van der Waals surface area contributed by atoms with Gasteiger partial charge in [0.1, 0.15) is 10.7 Å². The van der Waals surface area contributed by atoms with Crippen molar-refractivity contribution in [1.29, 1.82) is 0 Å². The van der Waals surface area contributed by atoms with E-state index < -0.39 is 10.0 Å². The molecule has 2 rings (SSSR count). The number of hydrogen-bond donors (Lipinski definition) is 2. The summed E-state index contributed by atoms with van der Waals surface area (Å²) in [6.45, 7) is 4.27. The van der Waals surface area contributed by atoms with E-state index in [4.69, 9.17) is 5.73 Å². The van der Waals surface area contributed by atoms with E-state index in [1.807, 2.05) is 19.9 Å². The first-order chi connectivity index (χ1) is 8.90. The summed E-state index contributed by atoms with van der Waals surface area (Å²) >= 11 is 1.58. The van der Waals surface area contributed by atoms with Crippen LogP contribution >= 0.6 is 11.3 Å². The molecule has 19 heavy (non-hydrogen) atoms. The Morgan fingerprint density at radius 2 is 2.16 bits per heavy atom.